The fourth-order valence-corrected chi connectivity index (χ4v) is 2.27. The summed E-state index contributed by atoms with van der Waals surface area (Å²) in [4.78, 5) is 8.38. The summed E-state index contributed by atoms with van der Waals surface area (Å²) in [5.74, 6) is 0.846. The lowest BCUT2D eigenvalue weighted by molar-refractivity contribution is -0.0980. The van der Waals surface area contributed by atoms with Crippen molar-refractivity contribution < 1.29 is 4.74 Å². The third-order valence-corrected chi connectivity index (χ3v) is 3.59. The molecule has 0 radical (unpaired) electrons. The van der Waals surface area contributed by atoms with Crippen LogP contribution in [0.5, 0.6) is 0 Å². The number of aromatic nitrogens is 2. The van der Waals surface area contributed by atoms with Gasteiger partial charge in [0.1, 0.15) is 5.82 Å². The molecule has 1 aromatic heterocycles. The van der Waals surface area contributed by atoms with Crippen LogP contribution in [0.1, 0.15) is 26.1 Å². The topological polar surface area (TPSA) is 47.0 Å². The van der Waals surface area contributed by atoms with Gasteiger partial charge in [-0.15, -0.1) is 0 Å². The molecule has 0 saturated heterocycles. The summed E-state index contributed by atoms with van der Waals surface area (Å²) in [5.41, 5.74) is 0.198. The maximum absolute atomic E-state index is 5.41. The summed E-state index contributed by atoms with van der Waals surface area (Å²) >= 11 is 0. The zero-order valence-corrected chi connectivity index (χ0v) is 10.1. The van der Waals surface area contributed by atoms with Crippen LogP contribution in [0.2, 0.25) is 0 Å². The molecule has 1 heterocycles. The van der Waals surface area contributed by atoms with E-state index in [0.29, 0.717) is 12.1 Å². The van der Waals surface area contributed by atoms with Crippen molar-refractivity contribution >= 4 is 0 Å². The van der Waals surface area contributed by atoms with Crippen molar-refractivity contribution in [2.45, 2.75) is 39.0 Å². The van der Waals surface area contributed by atoms with Gasteiger partial charge in [-0.25, -0.2) is 9.97 Å². The van der Waals surface area contributed by atoms with E-state index in [1.54, 1.807) is 19.5 Å². The first-order valence-electron chi connectivity index (χ1n) is 5.66. The van der Waals surface area contributed by atoms with E-state index >= 15 is 0 Å². The van der Waals surface area contributed by atoms with Gasteiger partial charge >= 0.3 is 0 Å². The van der Waals surface area contributed by atoms with Crippen LogP contribution in [-0.2, 0) is 11.3 Å². The predicted octanol–water partition coefficient (Wildman–Crippen LogP) is 1.38. The smallest absolute Gasteiger partial charge is 0.141 e. The number of methoxy groups -OCH3 is 1. The third kappa shape index (κ3) is 2.08. The van der Waals surface area contributed by atoms with E-state index in [-0.39, 0.29) is 5.41 Å². The molecule has 0 aromatic carbocycles. The molecule has 1 N–H and O–H groups in total. The Labute approximate surface area is 96.4 Å². The lowest BCUT2D eigenvalue weighted by Gasteiger charge is -2.51. The van der Waals surface area contributed by atoms with Crippen molar-refractivity contribution in [1.29, 1.82) is 0 Å². The molecule has 0 bridgehead atoms. The quantitative estimate of drug-likeness (QED) is 0.834. The Hall–Kier alpha value is -1.00. The second-order valence-corrected chi connectivity index (χ2v) is 4.88. The van der Waals surface area contributed by atoms with Gasteiger partial charge in [-0.2, -0.15) is 0 Å². The van der Waals surface area contributed by atoms with Gasteiger partial charge in [-0.05, 0) is 12.5 Å². The molecule has 4 heteroatoms. The van der Waals surface area contributed by atoms with Crippen LogP contribution < -0.4 is 5.32 Å². The Bertz CT molecular complexity index is 339. The molecule has 2 atom stereocenters. The summed E-state index contributed by atoms with van der Waals surface area (Å²) < 4.78 is 5.41. The lowest BCUT2D eigenvalue weighted by atomic mass is 9.64. The van der Waals surface area contributed by atoms with Crippen molar-refractivity contribution in [1.82, 2.24) is 15.3 Å². The largest absolute Gasteiger partial charge is 0.381 e. The normalized spacial score (nSPS) is 27.4. The van der Waals surface area contributed by atoms with Crippen LogP contribution in [0.25, 0.3) is 0 Å². The Kier molecular flexibility index (Phi) is 3.21. The zero-order chi connectivity index (χ0) is 11.6. The van der Waals surface area contributed by atoms with E-state index in [1.165, 1.54) is 0 Å². The van der Waals surface area contributed by atoms with Gasteiger partial charge in [0.15, 0.2) is 0 Å². The van der Waals surface area contributed by atoms with Crippen LogP contribution in [0, 0.1) is 5.41 Å². The molecule has 1 fully saturated rings. The van der Waals surface area contributed by atoms with E-state index in [0.717, 1.165) is 18.8 Å². The Morgan fingerprint density at radius 2 is 2.12 bits per heavy atom. The summed E-state index contributed by atoms with van der Waals surface area (Å²) in [5, 5.41) is 3.48. The van der Waals surface area contributed by atoms with Crippen molar-refractivity contribution in [3.05, 3.63) is 24.3 Å². The Morgan fingerprint density at radius 3 is 2.69 bits per heavy atom. The molecule has 0 aliphatic heterocycles. The first-order valence-corrected chi connectivity index (χ1v) is 5.66. The summed E-state index contributed by atoms with van der Waals surface area (Å²) in [6.07, 6.45) is 4.97. The van der Waals surface area contributed by atoms with Gasteiger partial charge in [-0.3, -0.25) is 0 Å². The van der Waals surface area contributed by atoms with Crippen LogP contribution in [0.3, 0.4) is 0 Å². The van der Waals surface area contributed by atoms with Crippen molar-refractivity contribution in [3.8, 4) is 0 Å². The Balaban J connectivity index is 1.85. The van der Waals surface area contributed by atoms with Crippen LogP contribution in [0.15, 0.2) is 18.5 Å². The molecule has 0 spiro atoms. The van der Waals surface area contributed by atoms with E-state index in [4.69, 9.17) is 4.74 Å². The number of hydrogen-bond acceptors (Lipinski definition) is 4. The molecule has 16 heavy (non-hydrogen) atoms. The second kappa shape index (κ2) is 4.47. The van der Waals surface area contributed by atoms with Crippen LogP contribution in [0.4, 0.5) is 0 Å². The summed E-state index contributed by atoms with van der Waals surface area (Å²) in [7, 11) is 1.78. The van der Waals surface area contributed by atoms with Crippen LogP contribution >= 0.6 is 0 Å². The van der Waals surface area contributed by atoms with Crippen molar-refractivity contribution in [2.75, 3.05) is 7.11 Å². The standard InChI is InChI=1S/C12H19N3O/c1-12(2)9(7-10(12)16-3)15-8-11-13-5-4-6-14-11/h4-6,9-10,15H,7-8H2,1-3H3. The molecule has 0 amide bonds. The van der Waals surface area contributed by atoms with Gasteiger partial charge in [0.25, 0.3) is 0 Å². The monoisotopic (exact) mass is 221 g/mol. The molecule has 1 aromatic rings. The zero-order valence-electron chi connectivity index (χ0n) is 10.1. The van der Waals surface area contributed by atoms with E-state index in [9.17, 15) is 0 Å². The molecule has 2 unspecified atom stereocenters. The number of nitrogens with one attached hydrogen (secondary N) is 1. The van der Waals surface area contributed by atoms with E-state index in [1.807, 2.05) is 6.07 Å². The number of nitrogens with zero attached hydrogens (tertiary/aromatic N) is 2. The summed E-state index contributed by atoms with van der Waals surface area (Å²) in [6.45, 7) is 5.19. The average molecular weight is 221 g/mol. The number of rotatable bonds is 4. The second-order valence-electron chi connectivity index (χ2n) is 4.88. The minimum absolute atomic E-state index is 0.198. The molecular weight excluding hydrogens is 202 g/mol. The summed E-state index contributed by atoms with van der Waals surface area (Å²) in [6, 6.07) is 2.32. The van der Waals surface area contributed by atoms with Crippen LogP contribution in [-0.4, -0.2) is 29.2 Å². The Morgan fingerprint density at radius 1 is 1.44 bits per heavy atom. The van der Waals surface area contributed by atoms with Gasteiger partial charge in [0.05, 0.1) is 12.6 Å². The highest BCUT2D eigenvalue weighted by atomic mass is 16.5. The molecule has 1 aliphatic carbocycles. The van der Waals surface area contributed by atoms with Gasteiger partial charge in [-0.1, -0.05) is 13.8 Å². The highest BCUT2D eigenvalue weighted by molar-refractivity contribution is 5.03. The highest BCUT2D eigenvalue weighted by Crippen LogP contribution is 2.42. The molecule has 2 rings (SSSR count). The SMILES string of the molecule is COC1CC(NCc2ncccn2)C1(C)C. The first kappa shape index (κ1) is 11.5. The molecule has 1 aliphatic rings. The maximum atomic E-state index is 5.41. The van der Waals surface area contributed by atoms with Crippen molar-refractivity contribution in [3.63, 3.8) is 0 Å². The minimum atomic E-state index is 0.198. The minimum Gasteiger partial charge on any atom is -0.381 e. The maximum Gasteiger partial charge on any atom is 0.141 e. The van der Waals surface area contributed by atoms with Gasteiger partial charge in [0.2, 0.25) is 0 Å². The average Bonchev–Trinajstić information content (AvgIpc) is 2.29. The third-order valence-electron chi connectivity index (χ3n) is 3.59. The van der Waals surface area contributed by atoms with Gasteiger partial charge < -0.3 is 10.1 Å². The molecule has 1 saturated carbocycles. The fraction of sp³-hybridized carbons (Fsp3) is 0.667. The lowest BCUT2D eigenvalue weighted by Crippen LogP contribution is -2.60. The molecular formula is C12H19N3O. The number of hydrogen-bond donors (Lipinski definition) is 1. The molecule has 4 nitrogen and oxygen atoms in total. The molecule has 88 valence electrons. The van der Waals surface area contributed by atoms with Gasteiger partial charge in [0, 0.05) is 31.0 Å². The fourth-order valence-electron chi connectivity index (χ4n) is 2.27. The van der Waals surface area contributed by atoms with E-state index in [2.05, 4.69) is 29.1 Å². The predicted molar refractivity (Wildman–Crippen MR) is 61.9 cm³/mol. The number of ether oxygens (including phenoxy) is 1. The highest BCUT2D eigenvalue weighted by Gasteiger charge is 2.48. The van der Waals surface area contributed by atoms with E-state index < -0.39 is 0 Å². The first-order chi connectivity index (χ1) is 7.64. The van der Waals surface area contributed by atoms with Crippen molar-refractivity contribution in [2.24, 2.45) is 5.41 Å².